The molecule has 4 rings (SSSR count). The maximum Gasteiger partial charge on any atom is 0.326 e. The standard InChI is InChI=1S/C29H36F2N6O4/c1-40-27-19-33-26(18-34-27)36-25(29(38)39)9-12-37(13-14-41-24-16-21(30)15-22(31)17-24)11-3-2-6-23-8-7-20-5-4-10-32-28(20)35-23/h7-8,15-19,25H,2-6,9-14H2,1H3,(H,32,35)(H,33,36)(H,38,39)/t25-/m0/s1. The number of nitrogens with one attached hydrogen (secondary N) is 2. The molecule has 41 heavy (non-hydrogen) atoms. The summed E-state index contributed by atoms with van der Waals surface area (Å²) in [4.78, 5) is 27.0. The molecule has 0 fully saturated rings. The Morgan fingerprint density at radius 3 is 2.68 bits per heavy atom. The average molecular weight is 571 g/mol. The van der Waals surface area contributed by atoms with Crippen molar-refractivity contribution in [3.05, 3.63) is 65.6 Å². The lowest BCUT2D eigenvalue weighted by Gasteiger charge is -2.24. The first-order valence-electron chi connectivity index (χ1n) is 13.8. The molecule has 0 bridgehead atoms. The van der Waals surface area contributed by atoms with E-state index in [4.69, 9.17) is 14.5 Å². The van der Waals surface area contributed by atoms with Crippen molar-refractivity contribution < 1.29 is 28.2 Å². The number of hydrogen-bond acceptors (Lipinski definition) is 9. The molecule has 1 atom stereocenters. The predicted octanol–water partition coefficient (Wildman–Crippen LogP) is 4.18. The number of unbranched alkanes of at least 4 members (excludes halogenated alkanes) is 1. The van der Waals surface area contributed by atoms with E-state index >= 15 is 0 Å². The van der Waals surface area contributed by atoms with Gasteiger partial charge in [-0.3, -0.25) is 4.90 Å². The summed E-state index contributed by atoms with van der Waals surface area (Å²) in [5.41, 5.74) is 2.29. The Balaban J connectivity index is 1.32. The fourth-order valence-corrected chi connectivity index (χ4v) is 4.63. The second kappa shape index (κ2) is 15.1. The summed E-state index contributed by atoms with van der Waals surface area (Å²) in [6, 6.07) is 6.39. The summed E-state index contributed by atoms with van der Waals surface area (Å²) in [6.45, 7) is 2.73. The van der Waals surface area contributed by atoms with Gasteiger partial charge in [-0.1, -0.05) is 6.07 Å². The molecule has 0 saturated carbocycles. The van der Waals surface area contributed by atoms with Crippen LogP contribution in [-0.2, 0) is 17.6 Å². The number of anilines is 2. The van der Waals surface area contributed by atoms with Crippen molar-refractivity contribution in [3.8, 4) is 11.6 Å². The van der Waals surface area contributed by atoms with Crippen molar-refractivity contribution in [3.63, 3.8) is 0 Å². The van der Waals surface area contributed by atoms with Gasteiger partial charge in [0.2, 0.25) is 5.88 Å². The molecule has 3 aromatic rings. The van der Waals surface area contributed by atoms with E-state index in [9.17, 15) is 18.7 Å². The van der Waals surface area contributed by atoms with Crippen LogP contribution in [0.3, 0.4) is 0 Å². The average Bonchev–Trinajstić information content (AvgIpc) is 2.96. The molecular weight excluding hydrogens is 534 g/mol. The fourth-order valence-electron chi connectivity index (χ4n) is 4.63. The summed E-state index contributed by atoms with van der Waals surface area (Å²) < 4.78 is 37.7. The minimum Gasteiger partial charge on any atom is -0.492 e. The molecule has 0 saturated heterocycles. The van der Waals surface area contributed by atoms with Gasteiger partial charge in [0.25, 0.3) is 0 Å². The zero-order chi connectivity index (χ0) is 29.0. The Morgan fingerprint density at radius 2 is 1.95 bits per heavy atom. The van der Waals surface area contributed by atoms with Gasteiger partial charge in [-0.2, -0.15) is 0 Å². The van der Waals surface area contributed by atoms with Crippen LogP contribution in [-0.4, -0.2) is 76.9 Å². The van der Waals surface area contributed by atoms with Crippen LogP contribution in [0.5, 0.6) is 11.6 Å². The van der Waals surface area contributed by atoms with E-state index in [2.05, 4.69) is 37.6 Å². The van der Waals surface area contributed by atoms with E-state index < -0.39 is 23.6 Å². The molecule has 0 aliphatic carbocycles. The van der Waals surface area contributed by atoms with Gasteiger partial charge in [0.1, 0.15) is 41.7 Å². The molecule has 0 amide bonds. The third-order valence-electron chi connectivity index (χ3n) is 6.81. The van der Waals surface area contributed by atoms with Crippen molar-refractivity contribution in [2.45, 2.75) is 44.6 Å². The number of methoxy groups -OCH3 is 1. The number of aryl methyl sites for hydroxylation is 2. The van der Waals surface area contributed by atoms with Crippen LogP contribution < -0.4 is 20.1 Å². The molecule has 0 unspecified atom stereocenters. The SMILES string of the molecule is COc1cnc(N[C@@H](CCN(CCCCc2ccc3c(n2)NCCC3)CCOc2cc(F)cc(F)c2)C(=O)O)cn1. The highest BCUT2D eigenvalue weighted by Crippen LogP contribution is 2.20. The van der Waals surface area contributed by atoms with E-state index in [1.807, 2.05) is 0 Å². The number of ether oxygens (including phenoxy) is 2. The summed E-state index contributed by atoms with van der Waals surface area (Å²) in [5, 5.41) is 16.1. The summed E-state index contributed by atoms with van der Waals surface area (Å²) >= 11 is 0. The normalized spacial score (nSPS) is 13.3. The lowest BCUT2D eigenvalue weighted by molar-refractivity contribution is -0.138. The Bertz CT molecular complexity index is 1260. The van der Waals surface area contributed by atoms with E-state index in [0.29, 0.717) is 31.3 Å². The molecule has 1 aliphatic rings. The quantitative estimate of drug-likeness (QED) is 0.216. The van der Waals surface area contributed by atoms with Crippen LogP contribution in [0.15, 0.2) is 42.7 Å². The Kier molecular flexibility index (Phi) is 11.0. The Hall–Kier alpha value is -4.06. The number of carboxylic acid groups (broad SMARTS) is 1. The van der Waals surface area contributed by atoms with Gasteiger partial charge in [-0.15, -0.1) is 0 Å². The van der Waals surface area contributed by atoms with Crippen LogP contribution in [0, 0.1) is 11.6 Å². The Morgan fingerprint density at radius 1 is 1.12 bits per heavy atom. The van der Waals surface area contributed by atoms with Crippen molar-refractivity contribution in [2.24, 2.45) is 0 Å². The zero-order valence-corrected chi connectivity index (χ0v) is 23.1. The highest BCUT2D eigenvalue weighted by atomic mass is 19.1. The minimum atomic E-state index is -1.01. The first kappa shape index (κ1) is 29.9. The van der Waals surface area contributed by atoms with Crippen molar-refractivity contribution in [2.75, 3.05) is 50.5 Å². The first-order valence-corrected chi connectivity index (χ1v) is 13.8. The number of benzene rings is 1. The lowest BCUT2D eigenvalue weighted by atomic mass is 10.1. The topological polar surface area (TPSA) is 122 Å². The summed E-state index contributed by atoms with van der Waals surface area (Å²) in [6.07, 6.45) is 7.87. The molecule has 1 aromatic carbocycles. The molecule has 2 aromatic heterocycles. The fraction of sp³-hybridized carbons (Fsp3) is 0.448. The molecule has 1 aliphatic heterocycles. The van der Waals surface area contributed by atoms with Gasteiger partial charge in [-0.05, 0) is 56.7 Å². The van der Waals surface area contributed by atoms with Crippen LogP contribution in [0.4, 0.5) is 20.4 Å². The Labute approximate surface area is 238 Å². The van der Waals surface area contributed by atoms with Crippen molar-refractivity contribution in [1.29, 1.82) is 0 Å². The smallest absolute Gasteiger partial charge is 0.326 e. The molecule has 220 valence electrons. The lowest BCUT2D eigenvalue weighted by Crippen LogP contribution is -2.37. The molecular formula is C29H36F2N6O4. The predicted molar refractivity (Wildman–Crippen MR) is 151 cm³/mol. The maximum atomic E-state index is 13.5. The third-order valence-corrected chi connectivity index (χ3v) is 6.81. The molecule has 3 N–H and O–H groups in total. The number of fused-ring (bicyclic) bond motifs is 1. The second-order valence-electron chi connectivity index (χ2n) is 9.86. The molecule has 10 nitrogen and oxygen atoms in total. The molecule has 0 spiro atoms. The number of nitrogens with zero attached hydrogens (tertiary/aromatic N) is 4. The molecule has 3 heterocycles. The van der Waals surface area contributed by atoms with Crippen LogP contribution in [0.2, 0.25) is 0 Å². The number of halogens is 2. The van der Waals surface area contributed by atoms with E-state index in [-0.39, 0.29) is 18.8 Å². The highest BCUT2D eigenvalue weighted by molar-refractivity contribution is 5.76. The van der Waals surface area contributed by atoms with Gasteiger partial charge in [0, 0.05) is 43.5 Å². The monoisotopic (exact) mass is 570 g/mol. The van der Waals surface area contributed by atoms with Crippen molar-refractivity contribution >= 4 is 17.6 Å². The number of hydrogen-bond donors (Lipinski definition) is 3. The minimum absolute atomic E-state index is 0.109. The van der Waals surface area contributed by atoms with Gasteiger partial charge in [0.15, 0.2) is 0 Å². The third kappa shape index (κ3) is 9.52. The van der Waals surface area contributed by atoms with Crippen LogP contribution in [0.1, 0.15) is 36.9 Å². The van der Waals surface area contributed by atoms with Crippen LogP contribution >= 0.6 is 0 Å². The van der Waals surface area contributed by atoms with E-state index in [1.54, 1.807) is 0 Å². The van der Waals surface area contributed by atoms with Gasteiger partial charge in [-0.25, -0.2) is 28.5 Å². The number of pyridine rings is 1. The van der Waals surface area contributed by atoms with Gasteiger partial charge >= 0.3 is 5.97 Å². The van der Waals surface area contributed by atoms with Crippen LogP contribution in [0.25, 0.3) is 0 Å². The van der Waals surface area contributed by atoms with Gasteiger partial charge in [0.05, 0.1) is 19.5 Å². The largest absolute Gasteiger partial charge is 0.492 e. The number of aliphatic carboxylic acids is 1. The zero-order valence-electron chi connectivity index (χ0n) is 23.1. The molecule has 0 radical (unpaired) electrons. The summed E-state index contributed by atoms with van der Waals surface area (Å²) in [5.74, 6) is -0.685. The van der Waals surface area contributed by atoms with Gasteiger partial charge < -0.3 is 25.2 Å². The molecule has 12 heteroatoms. The van der Waals surface area contributed by atoms with E-state index in [0.717, 1.165) is 68.4 Å². The number of aromatic nitrogens is 3. The highest BCUT2D eigenvalue weighted by Gasteiger charge is 2.20. The van der Waals surface area contributed by atoms with Crippen molar-refractivity contribution in [1.82, 2.24) is 19.9 Å². The first-order chi connectivity index (χ1) is 19.9. The number of carboxylic acids is 1. The van der Waals surface area contributed by atoms with E-state index in [1.165, 1.54) is 25.1 Å². The maximum absolute atomic E-state index is 13.5. The summed E-state index contributed by atoms with van der Waals surface area (Å²) in [7, 11) is 1.47. The number of carbonyl (C=O) groups is 1. The second-order valence-corrected chi connectivity index (χ2v) is 9.86. The number of rotatable bonds is 16.